The van der Waals surface area contributed by atoms with Gasteiger partial charge in [-0.05, 0) is 43.2 Å². The number of H-pyrrole nitrogens is 1. The van der Waals surface area contributed by atoms with E-state index in [1.807, 2.05) is 6.07 Å². The molecule has 0 amide bonds. The van der Waals surface area contributed by atoms with Gasteiger partial charge in [0.1, 0.15) is 5.82 Å². The fraction of sp³-hybridized carbons (Fsp3) is 0.333. The van der Waals surface area contributed by atoms with Crippen LogP contribution in [0.25, 0.3) is 0 Å². The van der Waals surface area contributed by atoms with E-state index in [9.17, 15) is 9.18 Å². The van der Waals surface area contributed by atoms with Crippen LogP contribution in [0.1, 0.15) is 24.1 Å². The van der Waals surface area contributed by atoms with Crippen molar-refractivity contribution >= 4 is 11.8 Å². The third-order valence-electron chi connectivity index (χ3n) is 3.25. The molecule has 4 nitrogen and oxygen atoms in total. The maximum atomic E-state index is 14.1. The van der Waals surface area contributed by atoms with Crippen LogP contribution in [0, 0.1) is 12.7 Å². The van der Waals surface area contributed by atoms with Crippen molar-refractivity contribution < 1.29 is 4.39 Å². The summed E-state index contributed by atoms with van der Waals surface area (Å²) in [5.74, 6) is -0.292. The van der Waals surface area contributed by atoms with Crippen molar-refractivity contribution in [2.75, 3.05) is 0 Å². The lowest BCUT2D eigenvalue weighted by Gasteiger charge is -2.10. The molecule has 110 valence electrons. The number of aromatic amines is 1. The Labute approximate surface area is 126 Å². The second-order valence-electron chi connectivity index (χ2n) is 5.18. The minimum absolute atomic E-state index is 0.223. The quantitative estimate of drug-likeness (QED) is 0.834. The largest absolute Gasteiger partial charge is 0.310 e. The van der Waals surface area contributed by atoms with Gasteiger partial charge in [0, 0.05) is 24.3 Å². The van der Waals surface area contributed by atoms with Gasteiger partial charge in [-0.25, -0.2) is 9.37 Å². The summed E-state index contributed by atoms with van der Waals surface area (Å²) in [4.78, 5) is 18.9. The smallest absolute Gasteiger partial charge is 0.251 e. The van der Waals surface area contributed by atoms with E-state index in [1.165, 1.54) is 25.0 Å². The van der Waals surface area contributed by atoms with Crippen LogP contribution in [-0.2, 0) is 6.54 Å². The molecule has 1 aliphatic carbocycles. The van der Waals surface area contributed by atoms with Crippen molar-refractivity contribution in [3.05, 3.63) is 51.7 Å². The van der Waals surface area contributed by atoms with Gasteiger partial charge in [0.05, 0.1) is 4.90 Å². The van der Waals surface area contributed by atoms with Gasteiger partial charge < -0.3 is 10.3 Å². The standard InChI is InChI=1S/C15H16FN3OS/c1-9-7-13(20)19-15(18-9)21-14-10(3-2-4-12(14)16)8-17-11-5-6-11/h2-4,7,11,17H,5-6,8H2,1H3,(H,18,19,20). The average molecular weight is 305 g/mol. The highest BCUT2D eigenvalue weighted by Crippen LogP contribution is 2.31. The van der Waals surface area contributed by atoms with Crippen LogP contribution in [0.15, 0.2) is 39.1 Å². The van der Waals surface area contributed by atoms with Gasteiger partial charge in [0.2, 0.25) is 0 Å². The lowest BCUT2D eigenvalue weighted by molar-refractivity contribution is 0.588. The number of halogens is 1. The summed E-state index contributed by atoms with van der Waals surface area (Å²) >= 11 is 1.16. The third-order valence-corrected chi connectivity index (χ3v) is 4.30. The monoisotopic (exact) mass is 305 g/mol. The molecule has 0 bridgehead atoms. The number of aromatic nitrogens is 2. The molecule has 1 aliphatic rings. The van der Waals surface area contributed by atoms with Gasteiger partial charge in [-0.1, -0.05) is 12.1 Å². The Balaban J connectivity index is 1.87. The van der Waals surface area contributed by atoms with E-state index in [1.54, 1.807) is 13.0 Å². The summed E-state index contributed by atoms with van der Waals surface area (Å²) in [6.07, 6.45) is 2.37. The molecular formula is C15H16FN3OS. The van der Waals surface area contributed by atoms with Crippen LogP contribution in [-0.4, -0.2) is 16.0 Å². The fourth-order valence-corrected chi connectivity index (χ4v) is 3.02. The van der Waals surface area contributed by atoms with Crippen LogP contribution >= 0.6 is 11.8 Å². The van der Waals surface area contributed by atoms with Crippen molar-refractivity contribution in [3.63, 3.8) is 0 Å². The normalized spacial score (nSPS) is 14.4. The number of nitrogens with one attached hydrogen (secondary N) is 2. The SMILES string of the molecule is Cc1cc(=O)[nH]c(Sc2c(F)cccc2CNC2CC2)n1. The Kier molecular flexibility index (Phi) is 4.07. The molecule has 0 spiro atoms. The summed E-state index contributed by atoms with van der Waals surface area (Å²) in [5.41, 5.74) is 1.28. The van der Waals surface area contributed by atoms with E-state index in [0.717, 1.165) is 17.3 Å². The van der Waals surface area contributed by atoms with Crippen LogP contribution < -0.4 is 10.9 Å². The highest BCUT2D eigenvalue weighted by atomic mass is 32.2. The lowest BCUT2D eigenvalue weighted by atomic mass is 10.2. The van der Waals surface area contributed by atoms with Crippen LogP contribution in [0.5, 0.6) is 0 Å². The molecule has 3 rings (SSSR count). The summed E-state index contributed by atoms with van der Waals surface area (Å²) in [5, 5.41) is 3.79. The first-order chi connectivity index (χ1) is 10.1. The summed E-state index contributed by atoms with van der Waals surface area (Å²) in [6, 6.07) is 7.01. The number of aryl methyl sites for hydroxylation is 1. The third kappa shape index (κ3) is 3.71. The molecule has 2 N–H and O–H groups in total. The fourth-order valence-electron chi connectivity index (χ4n) is 2.05. The van der Waals surface area contributed by atoms with E-state index < -0.39 is 0 Å². The van der Waals surface area contributed by atoms with Crippen molar-refractivity contribution in [1.82, 2.24) is 15.3 Å². The Morgan fingerprint density at radius 2 is 2.29 bits per heavy atom. The Morgan fingerprint density at radius 1 is 1.48 bits per heavy atom. The van der Waals surface area contributed by atoms with Gasteiger partial charge in [0.25, 0.3) is 5.56 Å². The maximum absolute atomic E-state index is 14.1. The number of benzene rings is 1. The lowest BCUT2D eigenvalue weighted by Crippen LogP contribution is -2.16. The molecule has 0 aliphatic heterocycles. The summed E-state index contributed by atoms with van der Waals surface area (Å²) < 4.78 is 14.1. The minimum atomic E-state index is -0.292. The molecule has 0 radical (unpaired) electrons. The number of nitrogens with zero attached hydrogens (tertiary/aromatic N) is 1. The van der Waals surface area contributed by atoms with Gasteiger partial charge >= 0.3 is 0 Å². The second-order valence-corrected chi connectivity index (χ2v) is 6.18. The van der Waals surface area contributed by atoms with Crippen molar-refractivity contribution in [1.29, 1.82) is 0 Å². The van der Waals surface area contributed by atoms with Crippen molar-refractivity contribution in [3.8, 4) is 0 Å². The van der Waals surface area contributed by atoms with Crippen molar-refractivity contribution in [2.24, 2.45) is 0 Å². The van der Waals surface area contributed by atoms with Gasteiger partial charge in [-0.2, -0.15) is 0 Å². The molecule has 0 unspecified atom stereocenters. The molecular weight excluding hydrogens is 289 g/mol. The zero-order chi connectivity index (χ0) is 14.8. The predicted octanol–water partition coefficient (Wildman–Crippen LogP) is 2.62. The van der Waals surface area contributed by atoms with E-state index >= 15 is 0 Å². The van der Waals surface area contributed by atoms with E-state index in [2.05, 4.69) is 15.3 Å². The molecule has 1 saturated carbocycles. The zero-order valence-corrected chi connectivity index (χ0v) is 12.5. The predicted molar refractivity (Wildman–Crippen MR) is 80.0 cm³/mol. The van der Waals surface area contributed by atoms with Crippen LogP contribution in [0.4, 0.5) is 4.39 Å². The molecule has 1 aromatic heterocycles. The average Bonchev–Trinajstić information content (AvgIpc) is 3.22. The maximum Gasteiger partial charge on any atom is 0.251 e. The number of hydrogen-bond acceptors (Lipinski definition) is 4. The molecule has 2 aromatic rings. The van der Waals surface area contributed by atoms with Gasteiger partial charge in [0.15, 0.2) is 5.16 Å². The van der Waals surface area contributed by atoms with E-state index in [4.69, 9.17) is 0 Å². The molecule has 1 aromatic carbocycles. The zero-order valence-electron chi connectivity index (χ0n) is 11.6. The van der Waals surface area contributed by atoms with E-state index in [0.29, 0.717) is 28.3 Å². The highest BCUT2D eigenvalue weighted by molar-refractivity contribution is 7.99. The highest BCUT2D eigenvalue weighted by Gasteiger charge is 2.21. The van der Waals surface area contributed by atoms with Gasteiger partial charge in [-0.3, -0.25) is 4.79 Å². The summed E-state index contributed by atoms with van der Waals surface area (Å²) in [6.45, 7) is 2.37. The second kappa shape index (κ2) is 5.99. The summed E-state index contributed by atoms with van der Waals surface area (Å²) in [7, 11) is 0. The molecule has 0 saturated heterocycles. The number of rotatable bonds is 5. The molecule has 21 heavy (non-hydrogen) atoms. The minimum Gasteiger partial charge on any atom is -0.310 e. The number of hydrogen-bond donors (Lipinski definition) is 2. The Morgan fingerprint density at radius 3 is 3.00 bits per heavy atom. The van der Waals surface area contributed by atoms with E-state index in [-0.39, 0.29) is 11.4 Å². The Hall–Kier alpha value is -1.66. The molecule has 0 atom stereocenters. The Bertz CT molecular complexity index is 712. The van der Waals surface area contributed by atoms with Crippen LogP contribution in [0.3, 0.4) is 0 Å². The first kappa shape index (κ1) is 14.3. The van der Waals surface area contributed by atoms with Crippen molar-refractivity contribution in [2.45, 2.75) is 42.4 Å². The van der Waals surface area contributed by atoms with Crippen LogP contribution in [0.2, 0.25) is 0 Å². The topological polar surface area (TPSA) is 57.8 Å². The first-order valence-electron chi connectivity index (χ1n) is 6.88. The molecule has 1 fully saturated rings. The first-order valence-corrected chi connectivity index (χ1v) is 7.70. The molecule has 1 heterocycles. The van der Waals surface area contributed by atoms with Gasteiger partial charge in [-0.15, -0.1) is 0 Å². The molecule has 6 heteroatoms.